The average Bonchev–Trinajstić information content (AvgIpc) is 1.79. The van der Waals surface area contributed by atoms with Gasteiger partial charge in [0.1, 0.15) is 64.0 Å². The number of H-pyrrole nitrogens is 1. The number of hydrogen-bond acceptors (Lipinski definition) is 23. The first-order valence-corrected chi connectivity index (χ1v) is 33.6. The predicted molar refractivity (Wildman–Crippen MR) is 395 cm³/mol. The average molecular weight is 1600 g/mol. The maximum Gasteiger partial charge on any atom is 0.573 e. The molecule has 0 spiro atoms. The van der Waals surface area contributed by atoms with E-state index in [1.54, 1.807) is 75.8 Å². The minimum atomic E-state index is -4.80. The Morgan fingerprint density at radius 2 is 1.02 bits per heavy atom. The van der Waals surface area contributed by atoms with Crippen LogP contribution in [0, 0.1) is 51.1 Å². The Kier molecular flexibility index (Phi) is 27.8. The fourth-order valence-corrected chi connectivity index (χ4v) is 11.2. The van der Waals surface area contributed by atoms with Crippen molar-refractivity contribution in [2.45, 2.75) is 78.2 Å². The highest BCUT2D eigenvalue weighted by atomic mass is 35.5. The van der Waals surface area contributed by atoms with Crippen molar-refractivity contribution >= 4 is 135 Å². The molecule has 1 saturated heterocycles. The fourth-order valence-electron chi connectivity index (χ4n) is 10.7. The van der Waals surface area contributed by atoms with E-state index in [0.717, 1.165) is 49.9 Å². The number of nitrogens with two attached hydrogens (primary N) is 1. The highest BCUT2D eigenvalue weighted by molar-refractivity contribution is 6.34. The number of aryl methyl sites for hydroxylation is 3. The third kappa shape index (κ3) is 23.5. The second-order valence-corrected chi connectivity index (χ2v) is 24.2. The van der Waals surface area contributed by atoms with Gasteiger partial charge in [0.05, 0.1) is 56.5 Å². The van der Waals surface area contributed by atoms with Gasteiger partial charge in [0.15, 0.2) is 21.6 Å². The molecule has 0 amide bonds. The molecule has 6 aromatic carbocycles. The highest BCUT2D eigenvalue weighted by Crippen LogP contribution is 2.38. The van der Waals surface area contributed by atoms with Gasteiger partial charge in [0, 0.05) is 93.3 Å². The van der Waals surface area contributed by atoms with Crippen LogP contribution in [0.3, 0.4) is 0 Å². The molecule has 9 heterocycles. The van der Waals surface area contributed by atoms with Gasteiger partial charge in [0.2, 0.25) is 0 Å². The number of aromatic amines is 1. The van der Waals surface area contributed by atoms with E-state index < -0.39 is 33.9 Å². The molecule has 15 rings (SSSR count). The van der Waals surface area contributed by atoms with Crippen molar-refractivity contribution in [1.82, 2.24) is 54.4 Å². The first kappa shape index (κ1) is 82.4. The van der Waals surface area contributed by atoms with E-state index in [1.807, 2.05) is 10.6 Å². The molecular formula is C71H59Cl3F9N17O11. The van der Waals surface area contributed by atoms with Crippen LogP contribution in [-0.4, -0.2) is 101 Å². The fraction of sp³-hybridized carbons (Fsp3) is 0.197. The lowest BCUT2D eigenvalue weighted by Gasteiger charge is -2.23. The molecule has 0 aliphatic carbocycles. The number of halogens is 12. The van der Waals surface area contributed by atoms with E-state index in [-0.39, 0.29) is 63.0 Å². The quantitative estimate of drug-likeness (QED) is 0.0233. The van der Waals surface area contributed by atoms with Crippen molar-refractivity contribution in [2.75, 3.05) is 29.6 Å². The number of rotatable bonds is 11. The second kappa shape index (κ2) is 37.5. The summed E-state index contributed by atoms with van der Waals surface area (Å²) in [5.74, 6) is -0.499. The third-order valence-electron chi connectivity index (χ3n) is 15.4. The highest BCUT2D eigenvalue weighted by Gasteiger charge is 2.33. The minimum absolute atomic E-state index is 0.0321. The zero-order valence-electron chi connectivity index (χ0n) is 57.8. The molecule has 578 valence electrons. The Morgan fingerprint density at radius 3 is 1.47 bits per heavy atom. The minimum Gasteiger partial charge on any atom is -0.502 e. The number of pyridine rings is 3. The molecule has 2 aliphatic rings. The molecule has 0 bridgehead atoms. The van der Waals surface area contributed by atoms with E-state index in [4.69, 9.17) is 50.0 Å². The summed E-state index contributed by atoms with van der Waals surface area (Å²) in [6, 6.07) is 30.3. The van der Waals surface area contributed by atoms with Crippen molar-refractivity contribution in [3.63, 3.8) is 0 Å². The standard InChI is InChI=1S/2C17H12F3N3O3.C10H11ClN4O.C10H7ClN2O2.C7H6F3NO.C5H3ClN4.C5H8O/c2*1-10-5-6-14-13(15(10)23(24)25)7-8-21-16(14)22-11-3-2-4-12(9-11)26-17(18,19)20;11-9-8-10(13-5-12-9)15(6-14-8)7-3-1-2-4-16-7;1-6-2-3-8-7(9(6)13(14)15)4-5-12-10(8)11;8-7(9,10)12-6-3-1-2-5(11)4-6;6-4-3-5(9-1-7-3)10-2-8-4;1-2-4-6-5-3-1/h2*2-9H,1H3,(H,21,22);5-7H,1-4H2;2-5H,1H3;1-4H,11H2;1-2H,(H,7,8,9,10);2,4H,1,3,5H2. The maximum absolute atomic E-state index is 12.3. The van der Waals surface area contributed by atoms with Gasteiger partial charge in [0.25, 0.3) is 17.1 Å². The van der Waals surface area contributed by atoms with Crippen LogP contribution >= 0.6 is 34.8 Å². The van der Waals surface area contributed by atoms with Crippen LogP contribution in [-0.2, 0) is 9.47 Å². The number of allylic oxidation sites excluding steroid dienone is 1. The van der Waals surface area contributed by atoms with Gasteiger partial charge < -0.3 is 45.0 Å². The summed E-state index contributed by atoms with van der Waals surface area (Å²) in [7, 11) is 0. The summed E-state index contributed by atoms with van der Waals surface area (Å²) in [5, 5.41) is 43.2. The molecule has 40 heteroatoms. The van der Waals surface area contributed by atoms with Gasteiger partial charge in [-0.05, 0) is 126 Å². The number of nitro groups is 3. The summed E-state index contributed by atoms with van der Waals surface area (Å²) in [6.07, 6.45) is 5.61. The number of nitrogen functional groups attached to an aromatic ring is 1. The van der Waals surface area contributed by atoms with Crippen molar-refractivity contribution in [1.29, 1.82) is 0 Å². The summed E-state index contributed by atoms with van der Waals surface area (Å²) < 4.78 is 133. The van der Waals surface area contributed by atoms with Crippen LogP contribution in [0.25, 0.3) is 54.6 Å². The van der Waals surface area contributed by atoms with Crippen LogP contribution < -0.4 is 30.6 Å². The number of aromatic nitrogens is 11. The number of fused-ring (bicyclic) bond motifs is 5. The molecule has 7 aromatic heterocycles. The van der Waals surface area contributed by atoms with Gasteiger partial charge in [-0.1, -0.05) is 77.3 Å². The number of nitrogens with zero attached hydrogens (tertiary/aromatic N) is 13. The molecule has 1 unspecified atom stereocenters. The monoisotopic (exact) mass is 1600 g/mol. The van der Waals surface area contributed by atoms with E-state index in [1.165, 1.54) is 124 Å². The number of hydrogen-bond donors (Lipinski definition) is 4. The van der Waals surface area contributed by atoms with E-state index in [9.17, 15) is 69.9 Å². The first-order chi connectivity index (χ1) is 52.8. The lowest BCUT2D eigenvalue weighted by atomic mass is 10.1. The van der Waals surface area contributed by atoms with Crippen LogP contribution in [0.5, 0.6) is 17.2 Å². The Balaban J connectivity index is 0.000000155. The molecule has 1 atom stereocenters. The SMILES string of the molecule is C1=COCCC1.Cc1ccc2c(Cl)nccc2c1[N+](=O)[O-].Cc1ccc2c(Nc3cccc(OC(F)(F)F)c3)nccc2c1[N+](=O)[O-].Cc1ccc2c(Nc3cccc(OC(F)(F)F)c3)nccc2c1[N+](=O)[O-].Clc1ncnc2c1ncn2C1CCCCO1.Clc1ncnc2nc[nH]c12.Nc1cccc(OC(F)(F)F)c1. The van der Waals surface area contributed by atoms with Crippen molar-refractivity contribution < 1.29 is 78.0 Å². The lowest BCUT2D eigenvalue weighted by molar-refractivity contribution is -0.383. The lowest BCUT2D eigenvalue weighted by Crippen LogP contribution is -2.17. The van der Waals surface area contributed by atoms with Gasteiger partial charge >= 0.3 is 19.1 Å². The topological polar surface area (TPSA) is 362 Å². The largest absolute Gasteiger partial charge is 0.573 e. The van der Waals surface area contributed by atoms with Crippen LogP contribution in [0.15, 0.2) is 184 Å². The van der Waals surface area contributed by atoms with Crippen molar-refractivity contribution in [3.8, 4) is 17.2 Å². The molecule has 5 N–H and O–H groups in total. The molecule has 1 fully saturated rings. The smallest absolute Gasteiger partial charge is 0.502 e. The van der Waals surface area contributed by atoms with Crippen molar-refractivity contribution in [3.05, 3.63) is 246 Å². The number of anilines is 5. The molecular weight excluding hydrogens is 1540 g/mol. The third-order valence-corrected chi connectivity index (χ3v) is 16.3. The number of ether oxygens (including phenoxy) is 5. The Bertz CT molecular complexity index is 5300. The summed E-state index contributed by atoms with van der Waals surface area (Å²) in [5.41, 5.74) is 10.4. The van der Waals surface area contributed by atoms with Crippen molar-refractivity contribution in [2.24, 2.45) is 0 Å². The number of imidazole rings is 2. The normalized spacial score (nSPS) is 13.1. The van der Waals surface area contributed by atoms with Crippen LogP contribution in [0.2, 0.25) is 15.5 Å². The predicted octanol–water partition coefficient (Wildman–Crippen LogP) is 20.0. The zero-order valence-corrected chi connectivity index (χ0v) is 60.0. The number of alkyl halides is 9. The van der Waals surface area contributed by atoms with E-state index in [2.05, 4.69) is 74.7 Å². The maximum atomic E-state index is 12.3. The molecule has 0 saturated carbocycles. The summed E-state index contributed by atoms with van der Waals surface area (Å²) in [4.78, 5) is 71.0. The second-order valence-electron chi connectivity index (χ2n) is 23.2. The first-order valence-electron chi connectivity index (χ1n) is 32.4. The van der Waals surface area contributed by atoms with Crippen LogP contribution in [0.1, 0.15) is 55.0 Å². The van der Waals surface area contributed by atoms with Gasteiger partial charge in [-0.15, -0.1) is 39.5 Å². The number of benzene rings is 6. The Labute approximate surface area is 635 Å². The van der Waals surface area contributed by atoms with Gasteiger partial charge in [-0.3, -0.25) is 34.9 Å². The van der Waals surface area contributed by atoms with Crippen LogP contribution in [0.4, 0.5) is 85.3 Å². The summed E-state index contributed by atoms with van der Waals surface area (Å²) >= 11 is 17.5. The van der Waals surface area contributed by atoms with E-state index >= 15 is 0 Å². The molecule has 28 nitrogen and oxygen atoms in total. The molecule has 2 aliphatic heterocycles. The van der Waals surface area contributed by atoms with Gasteiger partial charge in [-0.25, -0.2) is 44.9 Å². The molecule has 0 radical (unpaired) electrons. The Morgan fingerprint density at radius 1 is 0.532 bits per heavy atom. The van der Waals surface area contributed by atoms with E-state index in [0.29, 0.717) is 87.4 Å². The molecule has 13 aromatic rings. The summed E-state index contributed by atoms with van der Waals surface area (Å²) in [6.45, 7) is 6.66. The van der Waals surface area contributed by atoms with Gasteiger partial charge in [-0.2, -0.15) is 0 Å². The molecule has 111 heavy (non-hydrogen) atoms. The number of nitro benzene ring substituents is 3. The number of nitrogens with one attached hydrogen (secondary N) is 3. The Hall–Kier alpha value is -12.6. The zero-order chi connectivity index (χ0) is 80.2.